The van der Waals surface area contributed by atoms with Gasteiger partial charge in [0, 0.05) is 18.7 Å². The van der Waals surface area contributed by atoms with Crippen molar-refractivity contribution in [2.45, 2.75) is 30.7 Å². The van der Waals surface area contributed by atoms with Crippen molar-refractivity contribution in [1.29, 1.82) is 0 Å². The SMILES string of the molecule is CC(NC(=O)C1CCCN(S(=O)(=O)c2ccc3nc(-c4ccccc4)[nH]c3c2)C1)c1ccccc1. The highest BCUT2D eigenvalue weighted by molar-refractivity contribution is 7.89. The van der Waals surface area contributed by atoms with E-state index in [9.17, 15) is 13.2 Å². The molecular weight excluding hydrogens is 460 g/mol. The molecule has 1 saturated heterocycles. The van der Waals surface area contributed by atoms with Crippen LogP contribution in [0.5, 0.6) is 0 Å². The van der Waals surface area contributed by atoms with Gasteiger partial charge in [0.25, 0.3) is 0 Å². The lowest BCUT2D eigenvalue weighted by Gasteiger charge is -2.32. The molecule has 180 valence electrons. The third kappa shape index (κ3) is 4.85. The summed E-state index contributed by atoms with van der Waals surface area (Å²) < 4.78 is 28.4. The van der Waals surface area contributed by atoms with Crippen molar-refractivity contribution in [3.63, 3.8) is 0 Å². The Kier molecular flexibility index (Phi) is 6.40. The van der Waals surface area contributed by atoms with Crippen LogP contribution in [-0.4, -0.2) is 41.7 Å². The van der Waals surface area contributed by atoms with Gasteiger partial charge in [0.05, 0.1) is 27.9 Å². The maximum Gasteiger partial charge on any atom is 0.243 e. The van der Waals surface area contributed by atoms with Gasteiger partial charge in [-0.05, 0) is 43.5 Å². The fourth-order valence-corrected chi connectivity index (χ4v) is 6.11. The highest BCUT2D eigenvalue weighted by atomic mass is 32.2. The number of hydrogen-bond donors (Lipinski definition) is 2. The minimum absolute atomic E-state index is 0.113. The maximum atomic E-state index is 13.5. The zero-order valence-corrected chi connectivity index (χ0v) is 20.3. The Morgan fingerprint density at radius 2 is 1.77 bits per heavy atom. The number of imidazole rings is 1. The van der Waals surface area contributed by atoms with Crippen molar-refractivity contribution in [2.75, 3.05) is 13.1 Å². The van der Waals surface area contributed by atoms with E-state index in [2.05, 4.69) is 15.3 Å². The van der Waals surface area contributed by atoms with Gasteiger partial charge in [-0.2, -0.15) is 4.31 Å². The number of amides is 1. The van der Waals surface area contributed by atoms with E-state index >= 15 is 0 Å². The predicted octanol–water partition coefficient (Wildman–Crippen LogP) is 4.51. The highest BCUT2D eigenvalue weighted by Crippen LogP contribution is 2.28. The Hall–Kier alpha value is -3.49. The lowest BCUT2D eigenvalue weighted by Crippen LogP contribution is -2.45. The van der Waals surface area contributed by atoms with Gasteiger partial charge in [-0.25, -0.2) is 13.4 Å². The lowest BCUT2D eigenvalue weighted by atomic mass is 9.98. The molecule has 5 rings (SSSR count). The lowest BCUT2D eigenvalue weighted by molar-refractivity contribution is -0.126. The van der Waals surface area contributed by atoms with Crippen LogP contribution in [0.15, 0.2) is 83.8 Å². The number of carbonyl (C=O) groups excluding carboxylic acids is 1. The van der Waals surface area contributed by atoms with Crippen LogP contribution in [0.25, 0.3) is 22.4 Å². The normalized spacial score (nSPS) is 17.8. The van der Waals surface area contributed by atoms with Crippen LogP contribution in [0.2, 0.25) is 0 Å². The fourth-order valence-electron chi connectivity index (χ4n) is 4.56. The second-order valence-corrected chi connectivity index (χ2v) is 10.9. The standard InChI is InChI=1S/C27H28N4O3S/c1-19(20-9-4-2-5-10-20)28-27(32)22-13-8-16-31(18-22)35(33,34)23-14-15-24-25(17-23)30-26(29-24)21-11-6-3-7-12-21/h2-7,9-12,14-15,17,19,22H,8,13,16,18H2,1H3,(H,28,32)(H,29,30). The van der Waals surface area contributed by atoms with E-state index in [0.717, 1.165) is 11.1 Å². The van der Waals surface area contributed by atoms with E-state index in [4.69, 9.17) is 0 Å². The molecule has 0 bridgehead atoms. The number of piperidine rings is 1. The summed E-state index contributed by atoms with van der Waals surface area (Å²) in [7, 11) is -3.75. The molecule has 1 amide bonds. The molecule has 2 heterocycles. The number of benzene rings is 3. The average Bonchev–Trinajstić information content (AvgIpc) is 3.33. The van der Waals surface area contributed by atoms with Gasteiger partial charge >= 0.3 is 0 Å². The van der Waals surface area contributed by atoms with Gasteiger partial charge in [0.15, 0.2) is 0 Å². The first-order chi connectivity index (χ1) is 16.9. The molecule has 0 aliphatic carbocycles. The molecule has 1 aliphatic rings. The molecule has 2 unspecified atom stereocenters. The molecule has 1 aromatic heterocycles. The van der Waals surface area contributed by atoms with E-state index in [0.29, 0.717) is 36.2 Å². The monoisotopic (exact) mass is 488 g/mol. The van der Waals surface area contributed by atoms with E-state index in [1.807, 2.05) is 67.6 Å². The molecule has 3 aromatic carbocycles. The molecule has 1 aliphatic heterocycles. The van der Waals surface area contributed by atoms with Gasteiger partial charge in [0.1, 0.15) is 5.82 Å². The number of aromatic amines is 1. The second-order valence-electron chi connectivity index (χ2n) is 8.97. The summed E-state index contributed by atoms with van der Waals surface area (Å²) in [5.41, 5.74) is 3.31. The topological polar surface area (TPSA) is 95.2 Å². The van der Waals surface area contributed by atoms with Crippen molar-refractivity contribution in [3.8, 4) is 11.4 Å². The molecule has 0 saturated carbocycles. The molecule has 1 fully saturated rings. The molecule has 35 heavy (non-hydrogen) atoms. The van der Waals surface area contributed by atoms with E-state index in [-0.39, 0.29) is 29.3 Å². The zero-order chi connectivity index (χ0) is 24.4. The van der Waals surface area contributed by atoms with Crippen LogP contribution in [0.4, 0.5) is 0 Å². The molecule has 2 N–H and O–H groups in total. The Morgan fingerprint density at radius 1 is 1.06 bits per heavy atom. The van der Waals surface area contributed by atoms with E-state index < -0.39 is 10.0 Å². The third-order valence-electron chi connectivity index (χ3n) is 6.55. The number of rotatable bonds is 6. The molecule has 8 heteroatoms. The van der Waals surface area contributed by atoms with Crippen LogP contribution < -0.4 is 5.32 Å². The van der Waals surface area contributed by atoms with Gasteiger partial charge in [-0.1, -0.05) is 60.7 Å². The molecule has 4 aromatic rings. The average molecular weight is 489 g/mol. The van der Waals surface area contributed by atoms with Crippen LogP contribution in [0, 0.1) is 5.92 Å². The number of nitrogens with zero attached hydrogens (tertiary/aromatic N) is 2. The third-order valence-corrected chi connectivity index (χ3v) is 8.41. The van der Waals surface area contributed by atoms with Crippen LogP contribution in [0.3, 0.4) is 0 Å². The number of hydrogen-bond acceptors (Lipinski definition) is 4. The quantitative estimate of drug-likeness (QED) is 0.418. The molecule has 0 spiro atoms. The number of H-pyrrole nitrogens is 1. The fraction of sp³-hybridized carbons (Fsp3) is 0.259. The first kappa shape index (κ1) is 23.3. The molecule has 2 atom stereocenters. The largest absolute Gasteiger partial charge is 0.349 e. The van der Waals surface area contributed by atoms with E-state index in [1.54, 1.807) is 18.2 Å². The number of aromatic nitrogens is 2. The van der Waals surface area contributed by atoms with Crippen molar-refractivity contribution in [3.05, 3.63) is 84.4 Å². The van der Waals surface area contributed by atoms with Crippen molar-refractivity contribution < 1.29 is 13.2 Å². The first-order valence-electron chi connectivity index (χ1n) is 11.8. The number of sulfonamides is 1. The first-order valence-corrected chi connectivity index (χ1v) is 13.3. The number of carbonyl (C=O) groups is 1. The zero-order valence-electron chi connectivity index (χ0n) is 19.5. The number of fused-ring (bicyclic) bond motifs is 1. The summed E-state index contributed by atoms with van der Waals surface area (Å²) in [6.45, 7) is 2.51. The van der Waals surface area contributed by atoms with Crippen molar-refractivity contribution in [1.82, 2.24) is 19.6 Å². The maximum absolute atomic E-state index is 13.5. The summed E-state index contributed by atoms with van der Waals surface area (Å²) in [5, 5.41) is 3.05. The molecule has 7 nitrogen and oxygen atoms in total. The predicted molar refractivity (Wildman–Crippen MR) is 136 cm³/mol. The Bertz CT molecular complexity index is 1440. The van der Waals surface area contributed by atoms with Crippen LogP contribution >= 0.6 is 0 Å². The van der Waals surface area contributed by atoms with Gasteiger partial charge < -0.3 is 10.3 Å². The van der Waals surface area contributed by atoms with E-state index in [1.165, 1.54) is 4.31 Å². The minimum Gasteiger partial charge on any atom is -0.349 e. The van der Waals surface area contributed by atoms with Gasteiger partial charge in [-0.15, -0.1) is 0 Å². The summed E-state index contributed by atoms with van der Waals surface area (Å²) in [5.74, 6) is 0.195. The molecular formula is C27H28N4O3S. The summed E-state index contributed by atoms with van der Waals surface area (Å²) >= 11 is 0. The molecule has 0 radical (unpaired) electrons. The summed E-state index contributed by atoms with van der Waals surface area (Å²) in [6.07, 6.45) is 1.31. The van der Waals surface area contributed by atoms with Crippen molar-refractivity contribution >= 4 is 27.0 Å². The Morgan fingerprint density at radius 3 is 2.51 bits per heavy atom. The smallest absolute Gasteiger partial charge is 0.243 e. The van der Waals surface area contributed by atoms with Gasteiger partial charge in [0.2, 0.25) is 15.9 Å². The van der Waals surface area contributed by atoms with Crippen LogP contribution in [-0.2, 0) is 14.8 Å². The summed E-state index contributed by atoms with van der Waals surface area (Å²) in [6, 6.07) is 24.3. The Balaban J connectivity index is 1.33. The van der Waals surface area contributed by atoms with Crippen LogP contribution in [0.1, 0.15) is 31.4 Å². The van der Waals surface area contributed by atoms with Gasteiger partial charge in [-0.3, -0.25) is 4.79 Å². The minimum atomic E-state index is -3.75. The van der Waals surface area contributed by atoms with Crippen molar-refractivity contribution in [2.24, 2.45) is 5.92 Å². The summed E-state index contributed by atoms with van der Waals surface area (Å²) in [4.78, 5) is 21.0. The Labute approximate surface area is 205 Å². The second kappa shape index (κ2) is 9.64. The highest BCUT2D eigenvalue weighted by Gasteiger charge is 2.34. The number of nitrogens with one attached hydrogen (secondary N) is 2.